The van der Waals surface area contributed by atoms with Crippen LogP contribution in [0.3, 0.4) is 0 Å². The molecule has 1 aromatic carbocycles. The van der Waals surface area contributed by atoms with Crippen LogP contribution >= 0.6 is 0 Å². The van der Waals surface area contributed by atoms with Crippen LogP contribution in [0.15, 0.2) is 23.2 Å². The van der Waals surface area contributed by atoms with Gasteiger partial charge in [-0.05, 0) is 25.0 Å². The first-order chi connectivity index (χ1) is 10.1. The second-order valence-corrected chi connectivity index (χ2v) is 5.17. The molecule has 0 bridgehead atoms. The molecule has 0 atom stereocenters. The van der Waals surface area contributed by atoms with Gasteiger partial charge in [-0.1, -0.05) is 19.3 Å². The summed E-state index contributed by atoms with van der Waals surface area (Å²) >= 11 is 0. The van der Waals surface area contributed by atoms with E-state index < -0.39 is 11.6 Å². The summed E-state index contributed by atoms with van der Waals surface area (Å²) in [6.07, 6.45) is 5.99. The number of ether oxygens (including phenoxy) is 1. The fraction of sp³-hybridized carbons (Fsp3) is 0.533. The van der Waals surface area contributed by atoms with Crippen molar-refractivity contribution in [2.75, 3.05) is 13.2 Å². The first-order valence-electron chi connectivity index (χ1n) is 7.29. The number of hydrogen-bond acceptors (Lipinski definition) is 2. The highest BCUT2D eigenvalue weighted by Gasteiger charge is 2.13. The summed E-state index contributed by atoms with van der Waals surface area (Å²) in [5.41, 5.74) is 5.80. The first kappa shape index (κ1) is 15.5. The standard InChI is InChI=1S/C15H21F2N3O/c16-13-7-6-12(10-14(13)17)21-9-8-19-15(18)20-11-4-2-1-3-5-11/h6-7,10-11H,1-5,8-9H2,(H3,18,19,20). The van der Waals surface area contributed by atoms with Crippen molar-refractivity contribution in [2.45, 2.75) is 38.1 Å². The number of aliphatic imine (C=N–C) groups is 1. The Kier molecular flexibility index (Phi) is 5.78. The summed E-state index contributed by atoms with van der Waals surface area (Å²) in [5, 5.41) is 3.20. The van der Waals surface area contributed by atoms with Gasteiger partial charge in [0.2, 0.25) is 0 Å². The molecule has 1 saturated carbocycles. The number of nitrogens with one attached hydrogen (secondary N) is 1. The Labute approximate surface area is 123 Å². The van der Waals surface area contributed by atoms with Crippen LogP contribution in [0.2, 0.25) is 0 Å². The molecule has 116 valence electrons. The quantitative estimate of drug-likeness (QED) is 0.499. The SMILES string of the molecule is NC(=NCCOc1ccc(F)c(F)c1)NC1CCCCC1. The van der Waals surface area contributed by atoms with Gasteiger partial charge in [0, 0.05) is 12.1 Å². The summed E-state index contributed by atoms with van der Waals surface area (Å²) in [6.45, 7) is 0.628. The zero-order valence-electron chi connectivity index (χ0n) is 11.9. The lowest BCUT2D eigenvalue weighted by atomic mass is 9.96. The summed E-state index contributed by atoms with van der Waals surface area (Å²) < 4.78 is 31.0. The third-order valence-corrected chi connectivity index (χ3v) is 3.49. The molecule has 0 radical (unpaired) electrons. The Hall–Kier alpha value is -1.85. The fourth-order valence-corrected chi connectivity index (χ4v) is 2.40. The lowest BCUT2D eigenvalue weighted by Gasteiger charge is -2.23. The van der Waals surface area contributed by atoms with Crippen molar-refractivity contribution < 1.29 is 13.5 Å². The molecule has 1 aromatic rings. The van der Waals surface area contributed by atoms with Crippen LogP contribution in [0.5, 0.6) is 5.75 Å². The molecular formula is C15H21F2N3O. The van der Waals surface area contributed by atoms with E-state index in [0.29, 0.717) is 18.5 Å². The molecule has 0 aliphatic heterocycles. The van der Waals surface area contributed by atoms with E-state index in [1.54, 1.807) is 0 Å². The smallest absolute Gasteiger partial charge is 0.188 e. The maximum absolute atomic E-state index is 13.0. The number of benzene rings is 1. The monoisotopic (exact) mass is 297 g/mol. The lowest BCUT2D eigenvalue weighted by molar-refractivity contribution is 0.325. The van der Waals surface area contributed by atoms with Gasteiger partial charge >= 0.3 is 0 Å². The third kappa shape index (κ3) is 5.21. The molecule has 0 aromatic heterocycles. The van der Waals surface area contributed by atoms with Crippen LogP contribution in [0, 0.1) is 11.6 Å². The van der Waals surface area contributed by atoms with Gasteiger partial charge in [-0.25, -0.2) is 13.8 Å². The van der Waals surface area contributed by atoms with Crippen LogP contribution in [-0.4, -0.2) is 25.2 Å². The maximum atomic E-state index is 13.0. The summed E-state index contributed by atoms with van der Waals surface area (Å²) in [7, 11) is 0. The van der Waals surface area contributed by atoms with Crippen molar-refractivity contribution in [3.8, 4) is 5.75 Å². The van der Waals surface area contributed by atoms with Gasteiger partial charge in [-0.2, -0.15) is 0 Å². The van der Waals surface area contributed by atoms with Gasteiger partial charge in [0.05, 0.1) is 6.54 Å². The highest BCUT2D eigenvalue weighted by atomic mass is 19.2. The van der Waals surface area contributed by atoms with Crippen molar-refractivity contribution in [2.24, 2.45) is 10.7 Å². The van der Waals surface area contributed by atoms with Crippen LogP contribution in [0.1, 0.15) is 32.1 Å². The van der Waals surface area contributed by atoms with Gasteiger partial charge in [-0.15, -0.1) is 0 Å². The number of guanidine groups is 1. The average Bonchev–Trinajstić information content (AvgIpc) is 2.48. The van der Waals surface area contributed by atoms with Gasteiger partial charge < -0.3 is 15.8 Å². The minimum absolute atomic E-state index is 0.262. The number of nitrogens with zero attached hydrogens (tertiary/aromatic N) is 1. The predicted molar refractivity (Wildman–Crippen MR) is 78.4 cm³/mol. The second-order valence-electron chi connectivity index (χ2n) is 5.17. The van der Waals surface area contributed by atoms with Gasteiger partial charge in [0.25, 0.3) is 0 Å². The van der Waals surface area contributed by atoms with Crippen molar-refractivity contribution >= 4 is 5.96 Å². The Morgan fingerprint density at radius 3 is 2.71 bits per heavy atom. The Morgan fingerprint density at radius 2 is 2.00 bits per heavy atom. The number of nitrogens with two attached hydrogens (primary N) is 1. The number of rotatable bonds is 5. The largest absolute Gasteiger partial charge is 0.492 e. The van der Waals surface area contributed by atoms with E-state index >= 15 is 0 Å². The van der Waals surface area contributed by atoms with Gasteiger partial charge in [0.1, 0.15) is 12.4 Å². The molecule has 3 N–H and O–H groups in total. The molecular weight excluding hydrogens is 276 g/mol. The second kappa shape index (κ2) is 7.81. The van der Waals surface area contributed by atoms with E-state index in [1.165, 1.54) is 25.3 Å². The van der Waals surface area contributed by atoms with Gasteiger partial charge in [-0.3, -0.25) is 0 Å². The molecule has 0 heterocycles. The molecule has 2 rings (SSSR count). The Balaban J connectivity index is 1.69. The van der Waals surface area contributed by atoms with E-state index in [2.05, 4.69) is 10.3 Å². The Bertz CT molecular complexity index is 488. The van der Waals surface area contributed by atoms with Crippen LogP contribution < -0.4 is 15.8 Å². The molecule has 1 fully saturated rings. The first-order valence-corrected chi connectivity index (χ1v) is 7.29. The van der Waals surface area contributed by atoms with E-state index in [1.807, 2.05) is 0 Å². The highest BCUT2D eigenvalue weighted by molar-refractivity contribution is 5.78. The van der Waals surface area contributed by atoms with Crippen LogP contribution in [0.25, 0.3) is 0 Å². The van der Waals surface area contributed by atoms with E-state index in [-0.39, 0.29) is 12.4 Å². The van der Waals surface area contributed by atoms with Crippen molar-refractivity contribution in [3.05, 3.63) is 29.8 Å². The summed E-state index contributed by atoms with van der Waals surface area (Å²) in [5.74, 6) is -1.12. The molecule has 21 heavy (non-hydrogen) atoms. The van der Waals surface area contributed by atoms with Crippen LogP contribution in [-0.2, 0) is 0 Å². The summed E-state index contributed by atoms with van der Waals surface area (Å²) in [4.78, 5) is 4.16. The lowest BCUT2D eigenvalue weighted by Crippen LogP contribution is -2.41. The molecule has 0 unspecified atom stereocenters. The highest BCUT2D eigenvalue weighted by Crippen LogP contribution is 2.17. The molecule has 0 amide bonds. The van der Waals surface area contributed by atoms with Gasteiger partial charge in [0.15, 0.2) is 17.6 Å². The van der Waals surface area contributed by atoms with Crippen molar-refractivity contribution in [1.29, 1.82) is 0 Å². The fourth-order valence-electron chi connectivity index (χ4n) is 2.40. The molecule has 0 spiro atoms. The van der Waals surface area contributed by atoms with E-state index in [4.69, 9.17) is 10.5 Å². The molecule has 6 heteroatoms. The molecule has 4 nitrogen and oxygen atoms in total. The normalized spacial score (nSPS) is 16.8. The summed E-state index contributed by atoms with van der Waals surface area (Å²) in [6, 6.07) is 3.84. The minimum Gasteiger partial charge on any atom is -0.492 e. The maximum Gasteiger partial charge on any atom is 0.188 e. The Morgan fingerprint density at radius 1 is 1.24 bits per heavy atom. The topological polar surface area (TPSA) is 59.6 Å². The van der Waals surface area contributed by atoms with E-state index in [9.17, 15) is 8.78 Å². The number of halogens is 2. The molecule has 1 aliphatic rings. The van der Waals surface area contributed by atoms with Crippen molar-refractivity contribution in [1.82, 2.24) is 5.32 Å². The predicted octanol–water partition coefficient (Wildman–Crippen LogP) is 2.58. The average molecular weight is 297 g/mol. The number of hydrogen-bond donors (Lipinski definition) is 2. The zero-order valence-corrected chi connectivity index (χ0v) is 11.9. The molecule has 0 saturated heterocycles. The minimum atomic E-state index is -0.922. The van der Waals surface area contributed by atoms with E-state index in [0.717, 1.165) is 25.0 Å². The zero-order chi connectivity index (χ0) is 15.1. The van der Waals surface area contributed by atoms with Crippen LogP contribution in [0.4, 0.5) is 8.78 Å². The van der Waals surface area contributed by atoms with Crippen molar-refractivity contribution in [3.63, 3.8) is 0 Å². The third-order valence-electron chi connectivity index (χ3n) is 3.49. The molecule has 1 aliphatic carbocycles.